The van der Waals surface area contributed by atoms with E-state index in [0.717, 1.165) is 11.8 Å². The van der Waals surface area contributed by atoms with Gasteiger partial charge in [-0.25, -0.2) is 4.39 Å². The van der Waals surface area contributed by atoms with Gasteiger partial charge < -0.3 is 10.4 Å². The highest BCUT2D eigenvalue weighted by atomic mass is 19.1. The first-order chi connectivity index (χ1) is 8.08. The maximum Gasteiger partial charge on any atom is 0.263 e. The summed E-state index contributed by atoms with van der Waals surface area (Å²) in [7, 11) is 0. The lowest BCUT2D eigenvalue weighted by Crippen LogP contribution is -2.14. The van der Waals surface area contributed by atoms with Crippen LogP contribution >= 0.6 is 0 Å². The molecule has 0 fully saturated rings. The number of hydrogen-bond donors (Lipinski definition) is 3. The Morgan fingerprint density at radius 1 is 1.53 bits per heavy atom. The van der Waals surface area contributed by atoms with Crippen LogP contribution in [0.3, 0.4) is 0 Å². The first-order valence-corrected chi connectivity index (χ1v) is 4.89. The van der Waals surface area contributed by atoms with Gasteiger partial charge in [0.05, 0.1) is 0 Å². The Labute approximate surface area is 96.3 Å². The molecule has 6 heteroatoms. The first kappa shape index (κ1) is 11.1. The van der Waals surface area contributed by atoms with Gasteiger partial charge in [-0.1, -0.05) is 6.07 Å². The zero-order chi connectivity index (χ0) is 12.4. The highest BCUT2D eigenvalue weighted by Crippen LogP contribution is 2.20. The Morgan fingerprint density at radius 2 is 2.29 bits per heavy atom. The Hall–Kier alpha value is -2.37. The third-order valence-electron chi connectivity index (χ3n) is 2.17. The van der Waals surface area contributed by atoms with Crippen molar-refractivity contribution in [1.82, 2.24) is 10.2 Å². The minimum atomic E-state index is -0.783. The highest BCUT2D eigenvalue weighted by Gasteiger charge is 2.17. The summed E-state index contributed by atoms with van der Waals surface area (Å²) in [5.74, 6) is -1.66. The van der Waals surface area contributed by atoms with Gasteiger partial charge in [-0.15, -0.1) is 0 Å². The van der Waals surface area contributed by atoms with E-state index in [-0.39, 0.29) is 5.82 Å². The molecule has 2 aromatic rings. The van der Waals surface area contributed by atoms with E-state index >= 15 is 0 Å². The van der Waals surface area contributed by atoms with Gasteiger partial charge in [0, 0.05) is 11.8 Å². The maximum absolute atomic E-state index is 13.4. The molecule has 0 atom stereocenters. The molecule has 5 nitrogen and oxygen atoms in total. The number of aryl methyl sites for hydroxylation is 1. The second-order valence-corrected chi connectivity index (χ2v) is 3.52. The molecule has 0 aliphatic carbocycles. The summed E-state index contributed by atoms with van der Waals surface area (Å²) in [6.07, 6.45) is 0. The Morgan fingerprint density at radius 3 is 2.88 bits per heavy atom. The highest BCUT2D eigenvalue weighted by molar-refractivity contribution is 6.05. The summed E-state index contributed by atoms with van der Waals surface area (Å²) < 4.78 is 13.4. The third kappa shape index (κ3) is 2.25. The zero-order valence-electron chi connectivity index (χ0n) is 8.99. The van der Waals surface area contributed by atoms with E-state index in [9.17, 15) is 14.3 Å². The average Bonchev–Trinajstić information content (AvgIpc) is 2.63. The summed E-state index contributed by atoms with van der Waals surface area (Å²) in [4.78, 5) is 11.7. The lowest BCUT2D eigenvalue weighted by atomic mass is 10.1. The Balaban J connectivity index is 2.26. The number of carbonyl (C=O) groups is 1. The molecular formula is C11H10FN3O2. The van der Waals surface area contributed by atoms with Crippen molar-refractivity contribution in [2.75, 3.05) is 5.32 Å². The molecule has 0 aliphatic heterocycles. The number of carbonyl (C=O) groups excluding carboxylic acids is 1. The SMILES string of the molecule is Cc1cc(NC(=O)c2c(O)cccc2F)n[nH]1. The number of aromatic hydroxyl groups is 1. The number of phenolic OH excluding ortho intramolecular Hbond substituents is 1. The summed E-state index contributed by atoms with van der Waals surface area (Å²) in [6, 6.07) is 5.26. The van der Waals surface area contributed by atoms with Crippen LogP contribution in [0.1, 0.15) is 16.1 Å². The Bertz CT molecular complexity index is 545. The predicted octanol–water partition coefficient (Wildman–Crippen LogP) is 1.82. The van der Waals surface area contributed by atoms with E-state index < -0.39 is 23.0 Å². The van der Waals surface area contributed by atoms with Crippen LogP contribution in [0.15, 0.2) is 24.3 Å². The number of H-pyrrole nitrogens is 1. The van der Waals surface area contributed by atoms with Gasteiger partial charge in [0.15, 0.2) is 5.82 Å². The number of hydrogen-bond acceptors (Lipinski definition) is 3. The van der Waals surface area contributed by atoms with Gasteiger partial charge in [-0.2, -0.15) is 5.10 Å². The molecule has 0 unspecified atom stereocenters. The molecular weight excluding hydrogens is 225 g/mol. The van der Waals surface area contributed by atoms with Crippen molar-refractivity contribution < 1.29 is 14.3 Å². The van der Waals surface area contributed by atoms with Crippen molar-refractivity contribution in [1.29, 1.82) is 0 Å². The largest absolute Gasteiger partial charge is 0.507 e. The summed E-state index contributed by atoms with van der Waals surface area (Å²) >= 11 is 0. The maximum atomic E-state index is 13.4. The minimum absolute atomic E-state index is 0.273. The molecule has 3 N–H and O–H groups in total. The second kappa shape index (κ2) is 4.25. The van der Waals surface area contributed by atoms with Crippen LogP contribution < -0.4 is 5.32 Å². The molecule has 17 heavy (non-hydrogen) atoms. The number of aromatic amines is 1. The van der Waals surface area contributed by atoms with Crippen LogP contribution in [-0.2, 0) is 0 Å². The summed E-state index contributed by atoms with van der Waals surface area (Å²) in [6.45, 7) is 1.77. The predicted molar refractivity (Wildman–Crippen MR) is 59.3 cm³/mol. The number of aromatic nitrogens is 2. The standard InChI is InChI=1S/C11H10FN3O2/c1-6-5-9(15-14-6)13-11(17)10-7(12)3-2-4-8(10)16/h2-5,16H,1H3,(H2,13,14,15,17). The van der Waals surface area contributed by atoms with Gasteiger partial charge in [0.1, 0.15) is 17.1 Å². The van der Waals surface area contributed by atoms with Crippen molar-refractivity contribution >= 4 is 11.7 Å². The van der Waals surface area contributed by atoms with E-state index in [0.29, 0.717) is 0 Å². The van der Waals surface area contributed by atoms with Crippen LogP contribution in [0.25, 0.3) is 0 Å². The normalized spacial score (nSPS) is 10.2. The molecule has 0 spiro atoms. The molecule has 1 heterocycles. The van der Waals surface area contributed by atoms with Gasteiger partial charge >= 0.3 is 0 Å². The molecule has 0 aliphatic rings. The van der Waals surface area contributed by atoms with E-state index in [1.807, 2.05) is 0 Å². The van der Waals surface area contributed by atoms with Crippen molar-refractivity contribution in [3.8, 4) is 5.75 Å². The van der Waals surface area contributed by atoms with Crippen LogP contribution in [0.2, 0.25) is 0 Å². The Kier molecular flexibility index (Phi) is 2.78. The molecule has 1 aromatic heterocycles. The molecule has 0 bridgehead atoms. The van der Waals surface area contributed by atoms with Gasteiger partial charge in [0.25, 0.3) is 5.91 Å². The molecule has 88 valence electrons. The number of anilines is 1. The quantitative estimate of drug-likeness (QED) is 0.742. The van der Waals surface area contributed by atoms with E-state index in [4.69, 9.17) is 0 Å². The molecule has 0 saturated carbocycles. The van der Waals surface area contributed by atoms with E-state index in [1.165, 1.54) is 12.1 Å². The zero-order valence-corrected chi connectivity index (χ0v) is 8.99. The molecule has 0 saturated heterocycles. The third-order valence-corrected chi connectivity index (χ3v) is 2.17. The van der Waals surface area contributed by atoms with Crippen molar-refractivity contribution in [2.45, 2.75) is 6.92 Å². The molecule has 2 rings (SSSR count). The molecule has 1 amide bonds. The summed E-state index contributed by atoms with van der Waals surface area (Å²) in [5, 5.41) is 18.2. The van der Waals surface area contributed by atoms with Crippen molar-refractivity contribution in [3.05, 3.63) is 41.3 Å². The van der Waals surface area contributed by atoms with Crippen molar-refractivity contribution in [2.24, 2.45) is 0 Å². The number of halogens is 1. The number of phenols is 1. The smallest absolute Gasteiger partial charge is 0.263 e. The van der Waals surface area contributed by atoms with E-state index in [1.54, 1.807) is 13.0 Å². The fourth-order valence-electron chi connectivity index (χ4n) is 1.40. The van der Waals surface area contributed by atoms with Crippen LogP contribution in [0.4, 0.5) is 10.2 Å². The summed E-state index contributed by atoms with van der Waals surface area (Å²) in [5.41, 5.74) is 0.367. The molecule has 0 radical (unpaired) electrons. The van der Waals surface area contributed by atoms with E-state index in [2.05, 4.69) is 15.5 Å². The number of nitrogens with one attached hydrogen (secondary N) is 2. The van der Waals surface area contributed by atoms with Crippen LogP contribution in [0, 0.1) is 12.7 Å². The lowest BCUT2D eigenvalue weighted by Gasteiger charge is -2.05. The first-order valence-electron chi connectivity index (χ1n) is 4.89. The second-order valence-electron chi connectivity index (χ2n) is 3.52. The number of nitrogens with zero attached hydrogens (tertiary/aromatic N) is 1. The number of benzene rings is 1. The van der Waals surface area contributed by atoms with Crippen LogP contribution in [-0.4, -0.2) is 21.2 Å². The van der Waals surface area contributed by atoms with Crippen molar-refractivity contribution in [3.63, 3.8) is 0 Å². The minimum Gasteiger partial charge on any atom is -0.507 e. The molecule has 1 aromatic carbocycles. The topological polar surface area (TPSA) is 78.0 Å². The average molecular weight is 235 g/mol. The van der Waals surface area contributed by atoms with Crippen LogP contribution in [0.5, 0.6) is 5.75 Å². The number of amides is 1. The van der Waals surface area contributed by atoms with Gasteiger partial charge in [-0.3, -0.25) is 9.89 Å². The van der Waals surface area contributed by atoms with Gasteiger partial charge in [-0.05, 0) is 19.1 Å². The fourth-order valence-corrected chi connectivity index (χ4v) is 1.40. The fraction of sp³-hybridized carbons (Fsp3) is 0.0909. The number of rotatable bonds is 2. The monoisotopic (exact) mass is 235 g/mol. The van der Waals surface area contributed by atoms with Gasteiger partial charge in [0.2, 0.25) is 0 Å². The lowest BCUT2D eigenvalue weighted by molar-refractivity contribution is 0.102.